The maximum Gasteiger partial charge on any atom is 0.234 e. The molecule has 1 aromatic rings. The highest BCUT2D eigenvalue weighted by Gasteiger charge is 2.18. The normalized spacial score (nSPS) is 19.3. The van der Waals surface area contributed by atoms with Crippen LogP contribution in [-0.4, -0.2) is 37.2 Å². The van der Waals surface area contributed by atoms with Crippen molar-refractivity contribution in [1.29, 1.82) is 0 Å². The molecule has 0 spiro atoms. The number of piperidine rings is 1. The van der Waals surface area contributed by atoms with Gasteiger partial charge >= 0.3 is 0 Å². The first-order chi connectivity index (χ1) is 10.2. The predicted octanol–water partition coefficient (Wildman–Crippen LogP) is 2.08. The Balaban J connectivity index is 1.55. The lowest BCUT2D eigenvalue weighted by molar-refractivity contribution is -0.123. The largest absolute Gasteiger partial charge is 0.454 e. The highest BCUT2D eigenvalue weighted by Crippen LogP contribution is 2.34. The van der Waals surface area contributed by atoms with Crippen molar-refractivity contribution >= 4 is 5.91 Å². The molecule has 5 heteroatoms. The van der Waals surface area contributed by atoms with Gasteiger partial charge in [0, 0.05) is 0 Å². The number of carbonyl (C=O) groups excluding carboxylic acids is 1. The monoisotopic (exact) mass is 290 g/mol. The van der Waals surface area contributed by atoms with Crippen molar-refractivity contribution in [2.75, 3.05) is 26.4 Å². The second-order valence-corrected chi connectivity index (χ2v) is 5.74. The van der Waals surface area contributed by atoms with Gasteiger partial charge in [0.15, 0.2) is 11.5 Å². The summed E-state index contributed by atoms with van der Waals surface area (Å²) in [7, 11) is 0. The third-order valence-electron chi connectivity index (χ3n) is 4.09. The molecule has 0 unspecified atom stereocenters. The molecule has 2 heterocycles. The lowest BCUT2D eigenvalue weighted by atomic mass is 10.1. The van der Waals surface area contributed by atoms with Gasteiger partial charge in [0.05, 0.1) is 12.6 Å². The fraction of sp³-hybridized carbons (Fsp3) is 0.562. The number of hydrogen-bond acceptors (Lipinski definition) is 4. The first-order valence-corrected chi connectivity index (χ1v) is 7.63. The number of benzene rings is 1. The Morgan fingerprint density at radius 1 is 1.24 bits per heavy atom. The minimum absolute atomic E-state index is 0.0307. The van der Waals surface area contributed by atoms with E-state index in [0.29, 0.717) is 6.54 Å². The molecule has 0 aliphatic carbocycles. The van der Waals surface area contributed by atoms with E-state index in [4.69, 9.17) is 9.47 Å². The molecular formula is C16H22N2O3. The van der Waals surface area contributed by atoms with Crippen molar-refractivity contribution in [2.24, 2.45) is 0 Å². The third kappa shape index (κ3) is 3.47. The Morgan fingerprint density at radius 2 is 2.00 bits per heavy atom. The van der Waals surface area contributed by atoms with Gasteiger partial charge in [0.1, 0.15) is 0 Å². The Labute approximate surface area is 125 Å². The number of fused-ring (bicyclic) bond motifs is 1. The van der Waals surface area contributed by atoms with Crippen LogP contribution < -0.4 is 14.8 Å². The average Bonchev–Trinajstić information content (AvgIpc) is 2.95. The number of amides is 1. The van der Waals surface area contributed by atoms with Crippen LogP contribution >= 0.6 is 0 Å². The lowest BCUT2D eigenvalue weighted by Gasteiger charge is -2.26. The maximum absolute atomic E-state index is 12.1. The topological polar surface area (TPSA) is 50.8 Å². The summed E-state index contributed by atoms with van der Waals surface area (Å²) in [6.07, 6.45) is 3.68. The maximum atomic E-state index is 12.1. The summed E-state index contributed by atoms with van der Waals surface area (Å²) >= 11 is 0. The van der Waals surface area contributed by atoms with Crippen molar-refractivity contribution in [2.45, 2.75) is 32.2 Å². The highest BCUT2D eigenvalue weighted by molar-refractivity contribution is 5.78. The van der Waals surface area contributed by atoms with E-state index < -0.39 is 0 Å². The first-order valence-electron chi connectivity index (χ1n) is 7.63. The molecule has 0 saturated carbocycles. The fourth-order valence-electron chi connectivity index (χ4n) is 2.87. The molecule has 1 fully saturated rings. The van der Waals surface area contributed by atoms with Crippen molar-refractivity contribution in [3.63, 3.8) is 0 Å². The number of rotatable bonds is 4. The quantitative estimate of drug-likeness (QED) is 0.922. The summed E-state index contributed by atoms with van der Waals surface area (Å²) in [5.41, 5.74) is 1.03. The second kappa shape index (κ2) is 6.35. The van der Waals surface area contributed by atoms with Gasteiger partial charge in [-0.3, -0.25) is 9.69 Å². The standard InChI is InChI=1S/C16H22N2O3/c1-12(13-5-6-14-15(9-13)21-11-20-14)17-16(19)10-18-7-3-2-4-8-18/h5-6,9,12H,2-4,7-8,10-11H2,1H3,(H,17,19)/t12-/m0/s1. The van der Waals surface area contributed by atoms with Crippen molar-refractivity contribution in [3.8, 4) is 11.5 Å². The molecule has 0 aromatic heterocycles. The zero-order chi connectivity index (χ0) is 14.7. The van der Waals surface area contributed by atoms with Gasteiger partial charge in [-0.05, 0) is 50.6 Å². The first kappa shape index (κ1) is 14.2. The van der Waals surface area contributed by atoms with Gasteiger partial charge in [-0.15, -0.1) is 0 Å². The summed E-state index contributed by atoms with van der Waals surface area (Å²) in [5, 5.41) is 3.06. The highest BCUT2D eigenvalue weighted by atomic mass is 16.7. The van der Waals surface area contributed by atoms with E-state index in [2.05, 4.69) is 10.2 Å². The van der Waals surface area contributed by atoms with E-state index in [0.717, 1.165) is 30.2 Å². The third-order valence-corrected chi connectivity index (χ3v) is 4.09. The molecular weight excluding hydrogens is 268 g/mol. The number of ether oxygens (including phenoxy) is 2. The molecule has 0 radical (unpaired) electrons. The Bertz CT molecular complexity index is 512. The van der Waals surface area contributed by atoms with Crippen LogP contribution in [0.2, 0.25) is 0 Å². The van der Waals surface area contributed by atoms with E-state index >= 15 is 0 Å². The molecule has 114 valence electrons. The molecule has 1 aromatic carbocycles. The SMILES string of the molecule is C[C@H](NC(=O)CN1CCCCC1)c1ccc2c(c1)OCO2. The molecule has 1 amide bonds. The van der Waals surface area contributed by atoms with Crippen LogP contribution in [-0.2, 0) is 4.79 Å². The summed E-state index contributed by atoms with van der Waals surface area (Å²) in [6, 6.07) is 5.77. The van der Waals surface area contributed by atoms with Crippen LogP contribution in [0.1, 0.15) is 37.8 Å². The van der Waals surface area contributed by atoms with Gasteiger partial charge in [-0.25, -0.2) is 0 Å². The van der Waals surface area contributed by atoms with Gasteiger partial charge < -0.3 is 14.8 Å². The minimum Gasteiger partial charge on any atom is -0.454 e. The molecule has 1 atom stereocenters. The van der Waals surface area contributed by atoms with Crippen LogP contribution in [0.25, 0.3) is 0 Å². The number of carbonyl (C=O) groups is 1. The van der Waals surface area contributed by atoms with Crippen LogP contribution in [0.4, 0.5) is 0 Å². The van der Waals surface area contributed by atoms with Crippen molar-refractivity contribution in [1.82, 2.24) is 10.2 Å². The number of nitrogens with zero attached hydrogens (tertiary/aromatic N) is 1. The molecule has 21 heavy (non-hydrogen) atoms. The van der Waals surface area contributed by atoms with Crippen LogP contribution in [0.3, 0.4) is 0 Å². The Hall–Kier alpha value is -1.75. The Kier molecular flexibility index (Phi) is 4.29. The predicted molar refractivity (Wildman–Crippen MR) is 79.4 cm³/mol. The van der Waals surface area contributed by atoms with E-state index in [1.165, 1.54) is 19.3 Å². The summed E-state index contributed by atoms with van der Waals surface area (Å²) < 4.78 is 10.7. The van der Waals surface area contributed by atoms with Gasteiger partial charge in [-0.2, -0.15) is 0 Å². The Morgan fingerprint density at radius 3 is 2.81 bits per heavy atom. The molecule has 1 saturated heterocycles. The average molecular weight is 290 g/mol. The molecule has 0 bridgehead atoms. The van der Waals surface area contributed by atoms with Crippen molar-refractivity contribution in [3.05, 3.63) is 23.8 Å². The number of nitrogens with one attached hydrogen (secondary N) is 1. The van der Waals surface area contributed by atoms with Gasteiger partial charge in [-0.1, -0.05) is 12.5 Å². The molecule has 5 nitrogen and oxygen atoms in total. The fourth-order valence-corrected chi connectivity index (χ4v) is 2.87. The van der Waals surface area contributed by atoms with E-state index in [1.807, 2.05) is 25.1 Å². The van der Waals surface area contributed by atoms with Crippen LogP contribution in [0.15, 0.2) is 18.2 Å². The zero-order valence-electron chi connectivity index (χ0n) is 12.4. The van der Waals surface area contributed by atoms with Crippen LogP contribution in [0, 0.1) is 0 Å². The van der Waals surface area contributed by atoms with E-state index in [9.17, 15) is 4.79 Å². The smallest absolute Gasteiger partial charge is 0.234 e. The molecule has 2 aliphatic heterocycles. The lowest BCUT2D eigenvalue weighted by Crippen LogP contribution is -2.40. The van der Waals surface area contributed by atoms with Crippen molar-refractivity contribution < 1.29 is 14.3 Å². The van der Waals surface area contributed by atoms with Crippen LogP contribution in [0.5, 0.6) is 11.5 Å². The second-order valence-electron chi connectivity index (χ2n) is 5.74. The van der Waals surface area contributed by atoms with E-state index in [1.54, 1.807) is 0 Å². The molecule has 1 N–H and O–H groups in total. The van der Waals surface area contributed by atoms with Gasteiger partial charge in [0.25, 0.3) is 0 Å². The molecule has 2 aliphatic rings. The number of hydrogen-bond donors (Lipinski definition) is 1. The number of likely N-dealkylation sites (tertiary alicyclic amines) is 1. The minimum atomic E-state index is -0.0307. The van der Waals surface area contributed by atoms with Gasteiger partial charge in [0.2, 0.25) is 12.7 Å². The molecule has 3 rings (SSSR count). The summed E-state index contributed by atoms with van der Waals surface area (Å²) in [4.78, 5) is 14.3. The van der Waals surface area contributed by atoms with E-state index in [-0.39, 0.29) is 18.7 Å². The zero-order valence-corrected chi connectivity index (χ0v) is 12.4. The summed E-state index contributed by atoms with van der Waals surface area (Å²) in [5.74, 6) is 1.61. The summed E-state index contributed by atoms with van der Waals surface area (Å²) in [6.45, 7) is 4.83.